The maximum Gasteiger partial charge on any atom is 0.343 e. The smallest absolute Gasteiger partial charge is 0.343 e. The number of likely N-dealkylation sites (tertiary alicyclic amines) is 1. The van der Waals surface area contributed by atoms with Crippen molar-refractivity contribution in [1.29, 1.82) is 0 Å². The van der Waals surface area contributed by atoms with Gasteiger partial charge in [-0.05, 0) is 62.8 Å². The molecule has 502 valence electrons. The van der Waals surface area contributed by atoms with Gasteiger partial charge in [0.1, 0.15) is 31.2 Å². The lowest BCUT2D eigenvalue weighted by molar-refractivity contribution is -0.172. The molecule has 6 atom stereocenters. The third-order valence-electron chi connectivity index (χ3n) is 15.8. The van der Waals surface area contributed by atoms with E-state index < -0.39 is 84.1 Å². The van der Waals surface area contributed by atoms with Crippen LogP contribution in [0.25, 0.3) is 22.3 Å². The van der Waals surface area contributed by atoms with Gasteiger partial charge in [-0.25, -0.2) is 14.2 Å². The van der Waals surface area contributed by atoms with E-state index >= 15 is 4.39 Å². The van der Waals surface area contributed by atoms with E-state index in [9.17, 15) is 53.4 Å². The lowest BCUT2D eigenvalue weighted by Gasteiger charge is -2.31. The van der Waals surface area contributed by atoms with Gasteiger partial charge < -0.3 is 88.7 Å². The highest BCUT2D eigenvalue weighted by atomic mass is 19.1. The Bertz CT molecular complexity index is 3130. The van der Waals surface area contributed by atoms with Gasteiger partial charge in [-0.15, -0.1) is 0 Å². The van der Waals surface area contributed by atoms with Gasteiger partial charge in [0.25, 0.3) is 11.5 Å². The van der Waals surface area contributed by atoms with Crippen LogP contribution in [0.3, 0.4) is 0 Å². The molecule has 7 rings (SSSR count). The number of pyridine rings is 2. The van der Waals surface area contributed by atoms with Crippen molar-refractivity contribution in [2.75, 3.05) is 132 Å². The van der Waals surface area contributed by atoms with Crippen molar-refractivity contribution >= 4 is 58.2 Å². The fourth-order valence-electron chi connectivity index (χ4n) is 10.7. The Morgan fingerprint density at radius 2 is 1.32 bits per heavy atom. The van der Waals surface area contributed by atoms with Crippen molar-refractivity contribution < 1.29 is 100 Å². The highest BCUT2D eigenvalue weighted by Crippen LogP contribution is 2.46. The van der Waals surface area contributed by atoms with Gasteiger partial charge in [0.05, 0.1) is 147 Å². The molecule has 30 heteroatoms. The molecular weight excluding hydrogens is 1200 g/mol. The summed E-state index contributed by atoms with van der Waals surface area (Å²) in [7, 11) is 0. The first-order valence-corrected chi connectivity index (χ1v) is 30.7. The molecule has 0 bridgehead atoms. The van der Waals surface area contributed by atoms with Gasteiger partial charge in [0, 0.05) is 60.8 Å². The molecule has 7 amide bonds. The number of rotatable bonds is 41. The number of aliphatic hydroxyl groups is 2. The van der Waals surface area contributed by atoms with E-state index in [0.717, 1.165) is 4.90 Å². The number of nitrogens with zero attached hydrogens (tertiary/aromatic N) is 3. The number of hydrogen-bond acceptors (Lipinski definition) is 22. The molecule has 4 aliphatic rings. The van der Waals surface area contributed by atoms with E-state index in [4.69, 9.17) is 52.4 Å². The van der Waals surface area contributed by atoms with E-state index in [1.807, 2.05) is 0 Å². The third kappa shape index (κ3) is 19.3. The van der Waals surface area contributed by atoms with E-state index in [1.54, 1.807) is 26.8 Å². The molecule has 0 spiro atoms. The van der Waals surface area contributed by atoms with Crippen LogP contribution in [0.2, 0.25) is 0 Å². The first-order chi connectivity index (χ1) is 43.7. The van der Waals surface area contributed by atoms with Crippen molar-refractivity contribution in [1.82, 2.24) is 41.0 Å². The van der Waals surface area contributed by atoms with Gasteiger partial charge in [0.15, 0.2) is 11.7 Å². The van der Waals surface area contributed by atoms with Crippen molar-refractivity contribution in [2.24, 2.45) is 5.92 Å². The number of fused-ring (bicyclic) bond motifs is 5. The number of halogens is 1. The van der Waals surface area contributed by atoms with Crippen LogP contribution in [0.4, 0.5) is 4.39 Å². The molecule has 3 aromatic rings. The minimum absolute atomic E-state index is 0.0226. The predicted octanol–water partition coefficient (Wildman–Crippen LogP) is -0.485. The summed E-state index contributed by atoms with van der Waals surface area (Å²) in [6.07, 6.45) is -0.877. The molecule has 29 nitrogen and oxygen atoms in total. The van der Waals surface area contributed by atoms with Crippen molar-refractivity contribution in [3.63, 3.8) is 0 Å². The summed E-state index contributed by atoms with van der Waals surface area (Å²) in [5.74, 6) is -4.95. The van der Waals surface area contributed by atoms with Gasteiger partial charge in [-0.3, -0.25) is 43.3 Å². The van der Waals surface area contributed by atoms with Gasteiger partial charge in [-0.1, -0.05) is 13.8 Å². The quantitative estimate of drug-likeness (QED) is 0.0128. The first kappa shape index (κ1) is 71.5. The van der Waals surface area contributed by atoms with Crippen LogP contribution in [-0.4, -0.2) is 222 Å². The molecule has 1 saturated heterocycles. The molecular formula is C61H85FN8O21. The molecule has 1 unspecified atom stereocenters. The number of imide groups is 1. The zero-order valence-corrected chi connectivity index (χ0v) is 52.2. The van der Waals surface area contributed by atoms with E-state index in [-0.39, 0.29) is 105 Å². The minimum Gasteiger partial charge on any atom is -0.458 e. The van der Waals surface area contributed by atoms with E-state index in [0.29, 0.717) is 144 Å². The summed E-state index contributed by atoms with van der Waals surface area (Å²) in [5, 5.41) is 36.0. The second kappa shape index (κ2) is 35.2. The highest BCUT2D eigenvalue weighted by molar-refractivity contribution is 6.03. The summed E-state index contributed by atoms with van der Waals surface area (Å²) >= 11 is 0. The number of carbonyl (C=O) groups excluding carboxylic acids is 8. The van der Waals surface area contributed by atoms with E-state index in [1.165, 1.54) is 24.5 Å². The fraction of sp³-hybridized carbons (Fsp3) is 0.639. The van der Waals surface area contributed by atoms with Crippen LogP contribution in [0.15, 0.2) is 16.9 Å². The highest BCUT2D eigenvalue weighted by Gasteiger charge is 2.46. The van der Waals surface area contributed by atoms with Gasteiger partial charge in [-0.2, -0.15) is 0 Å². The number of hydrogen-bond donors (Lipinski definition) is 7. The molecule has 1 fully saturated rings. The second-order valence-electron chi connectivity index (χ2n) is 22.2. The van der Waals surface area contributed by atoms with Crippen LogP contribution < -0.4 is 32.1 Å². The van der Waals surface area contributed by atoms with Crippen LogP contribution >= 0.6 is 0 Å². The van der Waals surface area contributed by atoms with Crippen molar-refractivity contribution in [2.45, 2.75) is 116 Å². The van der Waals surface area contributed by atoms with Crippen LogP contribution in [0.5, 0.6) is 0 Å². The zero-order valence-electron chi connectivity index (χ0n) is 52.2. The number of aliphatic hydroxyl groups excluding tert-OH is 1. The largest absolute Gasteiger partial charge is 0.458 e. The number of nitrogens with one attached hydrogen (secondary N) is 5. The molecule has 5 heterocycles. The SMILES string of the molecule is CC[C@@]1(O)C(=O)OCc2c1cc1n(c2=O)Cc2c-1nc1cc(F)c(C)c3c1c2[C@@H](NC(=O)[C@H](O)COCNC(=O)[C@H](C)NC(=O)[C@H](C)NC(=O)CCOCCOCCOCCOCCOCCOCCOCCOCCNC(=O)CCN1C(=O)CC(C)C1=O)CC3. The minimum atomic E-state index is -2.06. The molecule has 91 heavy (non-hydrogen) atoms. The summed E-state index contributed by atoms with van der Waals surface area (Å²) in [4.78, 5) is 120. The molecule has 1 aliphatic carbocycles. The Kier molecular flexibility index (Phi) is 27.6. The summed E-state index contributed by atoms with van der Waals surface area (Å²) in [6.45, 7) is 12.3. The lowest BCUT2D eigenvalue weighted by Crippen LogP contribution is -2.52. The number of cyclic esters (lactones) is 1. The topological polar surface area (TPSA) is 368 Å². The standard InChI is InChI=1S/C61H85FN8O21/c1-6-61(81)43-30-47-54-41(32-70(47)59(79)42(43)33-91-60(61)80)53-45(8-7-40-37(3)44(62)31-46(67-54)52(40)53)68-57(77)48(71)34-90-35-64-55(75)38(4)66-56(76)39(5)65-50(73)10-13-82-15-17-84-19-21-86-23-25-88-27-28-89-26-24-87-22-20-85-18-16-83-14-11-63-49(72)9-12-69-51(74)29-36(2)58(69)78/h30-31,36,38-39,45,48,71,81H,6-29,32-35H2,1-5H3,(H,63,72)(H,64,75)(H,65,73)(H,66,76)(H,68,77)/t36?,38-,39-,45-,48+,61-/m0/s1. The normalized spacial score (nSPS) is 18.3. The zero-order chi connectivity index (χ0) is 65.6. The Balaban J connectivity index is 0.654. The number of amides is 7. The number of aryl methyl sites for hydroxylation is 1. The molecule has 0 saturated carbocycles. The monoisotopic (exact) mass is 1280 g/mol. The summed E-state index contributed by atoms with van der Waals surface area (Å²) in [6, 6.07) is 0.0668. The van der Waals surface area contributed by atoms with Crippen LogP contribution in [0, 0.1) is 18.7 Å². The predicted molar refractivity (Wildman–Crippen MR) is 318 cm³/mol. The van der Waals surface area contributed by atoms with Gasteiger partial charge in [0.2, 0.25) is 35.4 Å². The molecule has 7 N–H and O–H groups in total. The lowest BCUT2D eigenvalue weighted by atomic mass is 9.81. The van der Waals surface area contributed by atoms with Crippen LogP contribution in [-0.2, 0) is 111 Å². The maximum atomic E-state index is 15.4. The number of ether oxygens (including phenoxy) is 10. The summed E-state index contributed by atoms with van der Waals surface area (Å²) in [5.41, 5.74) is 0.889. The molecule has 2 aromatic heterocycles. The average Bonchev–Trinajstić information content (AvgIpc) is 1.63. The van der Waals surface area contributed by atoms with Crippen molar-refractivity contribution in [3.8, 4) is 11.4 Å². The van der Waals surface area contributed by atoms with Gasteiger partial charge >= 0.3 is 5.97 Å². The third-order valence-corrected chi connectivity index (χ3v) is 15.8. The fourth-order valence-corrected chi connectivity index (χ4v) is 10.7. The maximum absolute atomic E-state index is 15.4. The van der Waals surface area contributed by atoms with Crippen molar-refractivity contribution in [3.05, 3.63) is 61.7 Å². The van der Waals surface area contributed by atoms with E-state index in [2.05, 4.69) is 26.6 Å². The number of aromatic nitrogens is 2. The second-order valence-corrected chi connectivity index (χ2v) is 22.2. The Morgan fingerprint density at radius 3 is 1.90 bits per heavy atom. The Morgan fingerprint density at radius 1 is 0.736 bits per heavy atom. The Labute approximate surface area is 525 Å². The number of esters is 1. The Hall–Kier alpha value is -6.97. The van der Waals surface area contributed by atoms with Crippen LogP contribution in [0.1, 0.15) is 99.2 Å². The summed E-state index contributed by atoms with van der Waals surface area (Å²) < 4.78 is 71.2. The average molecular weight is 1290 g/mol. The molecule has 0 radical (unpaired) electrons. The first-order valence-electron chi connectivity index (χ1n) is 30.7. The molecule has 1 aromatic carbocycles. The number of benzene rings is 1. The molecule has 3 aliphatic heterocycles. The number of carbonyl (C=O) groups is 8.